The Hall–Kier alpha value is -2.13. The molecule has 1 aromatic heterocycles. The molecule has 2 saturated heterocycles. The van der Waals surface area contributed by atoms with Crippen molar-refractivity contribution in [3.05, 3.63) is 12.1 Å². The van der Waals surface area contributed by atoms with E-state index in [9.17, 15) is 9.18 Å². The first-order valence-electron chi connectivity index (χ1n) is 9.61. The van der Waals surface area contributed by atoms with Crippen molar-refractivity contribution in [2.24, 2.45) is 5.92 Å². The molecule has 0 unspecified atom stereocenters. The van der Waals surface area contributed by atoms with Crippen LogP contribution in [0.2, 0.25) is 0 Å². The van der Waals surface area contributed by atoms with Crippen LogP contribution in [-0.4, -0.2) is 69.1 Å². The topological polar surface area (TPSA) is 66.9 Å². The Bertz CT molecular complexity index is 832. The summed E-state index contributed by atoms with van der Waals surface area (Å²) >= 11 is 1.45. The van der Waals surface area contributed by atoms with E-state index in [0.29, 0.717) is 50.0 Å². The minimum atomic E-state index is -0.308. The third-order valence-corrected chi connectivity index (χ3v) is 6.38. The molecule has 28 heavy (non-hydrogen) atoms. The van der Waals surface area contributed by atoms with Crippen LogP contribution < -0.4 is 15.0 Å². The zero-order valence-corrected chi connectivity index (χ0v) is 16.8. The smallest absolute Gasteiger partial charge is 0.323 e. The van der Waals surface area contributed by atoms with Gasteiger partial charge in [0.1, 0.15) is 11.3 Å². The fourth-order valence-electron chi connectivity index (χ4n) is 3.70. The number of urea groups is 1. The molecular formula is C19H25FN4O3S. The molecule has 0 bridgehead atoms. The van der Waals surface area contributed by atoms with Crippen LogP contribution in [0.25, 0.3) is 10.2 Å². The normalized spacial score (nSPS) is 18.5. The second-order valence-electron chi connectivity index (χ2n) is 7.10. The molecule has 0 aliphatic carbocycles. The molecule has 4 rings (SSSR count). The summed E-state index contributed by atoms with van der Waals surface area (Å²) in [5.41, 5.74) is 1.84. The number of piperidine rings is 1. The predicted molar refractivity (Wildman–Crippen MR) is 108 cm³/mol. The SMILES string of the molecule is COc1ccc(N2CCOCC2)c2sc(NC(=O)N3CCC(CF)CC3)nc12. The van der Waals surface area contributed by atoms with Crippen molar-refractivity contribution in [2.75, 3.05) is 63.4 Å². The zero-order chi connectivity index (χ0) is 19.5. The van der Waals surface area contributed by atoms with E-state index < -0.39 is 0 Å². The van der Waals surface area contributed by atoms with Gasteiger partial charge >= 0.3 is 6.03 Å². The number of carbonyl (C=O) groups excluding carboxylic acids is 1. The second-order valence-corrected chi connectivity index (χ2v) is 8.10. The van der Waals surface area contributed by atoms with Gasteiger partial charge in [-0.1, -0.05) is 11.3 Å². The molecule has 7 nitrogen and oxygen atoms in total. The van der Waals surface area contributed by atoms with Crippen molar-refractivity contribution in [3.8, 4) is 5.75 Å². The van der Waals surface area contributed by atoms with E-state index in [4.69, 9.17) is 9.47 Å². The van der Waals surface area contributed by atoms with E-state index in [1.165, 1.54) is 11.3 Å². The van der Waals surface area contributed by atoms with Gasteiger partial charge in [-0.3, -0.25) is 9.71 Å². The van der Waals surface area contributed by atoms with Crippen molar-refractivity contribution in [2.45, 2.75) is 12.8 Å². The monoisotopic (exact) mass is 408 g/mol. The van der Waals surface area contributed by atoms with Crippen LogP contribution >= 0.6 is 11.3 Å². The number of hydrogen-bond donors (Lipinski definition) is 1. The number of nitrogens with zero attached hydrogens (tertiary/aromatic N) is 3. The zero-order valence-electron chi connectivity index (χ0n) is 15.9. The van der Waals surface area contributed by atoms with Crippen molar-refractivity contribution in [1.29, 1.82) is 0 Å². The molecule has 2 fully saturated rings. The molecule has 0 atom stereocenters. The number of amides is 2. The summed E-state index contributed by atoms with van der Waals surface area (Å²) in [7, 11) is 1.62. The highest BCUT2D eigenvalue weighted by atomic mass is 32.1. The number of likely N-dealkylation sites (tertiary alicyclic amines) is 1. The van der Waals surface area contributed by atoms with Gasteiger partial charge in [0.05, 0.1) is 37.4 Å². The summed E-state index contributed by atoms with van der Waals surface area (Å²) in [6.07, 6.45) is 1.41. The van der Waals surface area contributed by atoms with Gasteiger partial charge in [-0.25, -0.2) is 9.78 Å². The highest BCUT2D eigenvalue weighted by molar-refractivity contribution is 7.23. The van der Waals surface area contributed by atoms with E-state index in [1.54, 1.807) is 12.0 Å². The van der Waals surface area contributed by atoms with E-state index in [2.05, 4.69) is 15.2 Å². The number of rotatable bonds is 4. The Kier molecular flexibility index (Phi) is 5.82. The minimum Gasteiger partial charge on any atom is -0.494 e. The Labute approximate surface area is 167 Å². The molecule has 1 aromatic carbocycles. The molecule has 3 heterocycles. The molecule has 9 heteroatoms. The Morgan fingerprint density at radius 3 is 2.75 bits per heavy atom. The fraction of sp³-hybridized carbons (Fsp3) is 0.579. The number of ether oxygens (including phenoxy) is 2. The fourth-order valence-corrected chi connectivity index (χ4v) is 4.72. The maximum atomic E-state index is 12.8. The maximum Gasteiger partial charge on any atom is 0.323 e. The van der Waals surface area contributed by atoms with Crippen molar-refractivity contribution >= 4 is 38.4 Å². The minimum absolute atomic E-state index is 0.0758. The number of anilines is 2. The number of carbonyl (C=O) groups is 1. The van der Waals surface area contributed by atoms with Gasteiger partial charge in [-0.2, -0.15) is 0 Å². The van der Waals surface area contributed by atoms with Gasteiger partial charge < -0.3 is 19.3 Å². The van der Waals surface area contributed by atoms with Crippen LogP contribution in [0.15, 0.2) is 12.1 Å². The van der Waals surface area contributed by atoms with Crippen molar-refractivity contribution < 1.29 is 18.7 Å². The molecule has 2 amide bonds. The van der Waals surface area contributed by atoms with Crippen LogP contribution in [0, 0.1) is 5.92 Å². The number of halogens is 1. The first-order valence-corrected chi connectivity index (χ1v) is 10.4. The lowest BCUT2D eigenvalue weighted by Crippen LogP contribution is -2.41. The quantitative estimate of drug-likeness (QED) is 0.840. The first-order chi connectivity index (χ1) is 13.7. The average Bonchev–Trinajstić information content (AvgIpc) is 3.17. The van der Waals surface area contributed by atoms with E-state index in [-0.39, 0.29) is 18.6 Å². The summed E-state index contributed by atoms with van der Waals surface area (Å²) < 4.78 is 24.7. The van der Waals surface area contributed by atoms with E-state index >= 15 is 0 Å². The van der Waals surface area contributed by atoms with Crippen LogP contribution in [0.4, 0.5) is 20.0 Å². The number of hydrogen-bond acceptors (Lipinski definition) is 6. The Morgan fingerprint density at radius 2 is 2.07 bits per heavy atom. The molecule has 2 aliphatic rings. The van der Waals surface area contributed by atoms with Crippen LogP contribution in [0.5, 0.6) is 5.75 Å². The number of thiazole rings is 1. The van der Waals surface area contributed by atoms with Crippen LogP contribution in [0.1, 0.15) is 12.8 Å². The van der Waals surface area contributed by atoms with Gasteiger partial charge in [-0.05, 0) is 30.9 Å². The van der Waals surface area contributed by atoms with E-state index in [0.717, 1.165) is 29.0 Å². The van der Waals surface area contributed by atoms with Crippen molar-refractivity contribution in [1.82, 2.24) is 9.88 Å². The van der Waals surface area contributed by atoms with Crippen LogP contribution in [-0.2, 0) is 4.74 Å². The van der Waals surface area contributed by atoms with Gasteiger partial charge in [0.2, 0.25) is 0 Å². The Morgan fingerprint density at radius 1 is 1.32 bits per heavy atom. The molecule has 2 aromatic rings. The third kappa shape index (κ3) is 3.86. The largest absolute Gasteiger partial charge is 0.494 e. The summed E-state index contributed by atoms with van der Waals surface area (Å²) in [5.74, 6) is 0.763. The summed E-state index contributed by atoms with van der Waals surface area (Å²) in [4.78, 5) is 21.2. The number of methoxy groups -OCH3 is 1. The van der Waals surface area contributed by atoms with Gasteiger partial charge in [0.15, 0.2) is 5.13 Å². The lowest BCUT2D eigenvalue weighted by molar-refractivity contribution is 0.123. The summed E-state index contributed by atoms with van der Waals surface area (Å²) in [6, 6.07) is 3.78. The number of morpholine rings is 1. The molecule has 0 radical (unpaired) electrons. The number of aromatic nitrogens is 1. The molecule has 2 aliphatic heterocycles. The highest BCUT2D eigenvalue weighted by Gasteiger charge is 2.24. The molecule has 0 saturated carbocycles. The van der Waals surface area contributed by atoms with Crippen molar-refractivity contribution in [3.63, 3.8) is 0 Å². The number of alkyl halides is 1. The number of nitrogens with one attached hydrogen (secondary N) is 1. The lowest BCUT2D eigenvalue weighted by Gasteiger charge is -2.30. The summed E-state index contributed by atoms with van der Waals surface area (Å²) in [5, 5.41) is 3.47. The van der Waals surface area contributed by atoms with Gasteiger partial charge in [0, 0.05) is 26.2 Å². The number of benzene rings is 1. The third-order valence-electron chi connectivity index (χ3n) is 5.39. The standard InChI is InChI=1S/C19H25FN4O3S/c1-26-15-3-2-14(23-8-10-27-11-9-23)17-16(15)21-18(28-17)22-19(25)24-6-4-13(12-20)5-7-24/h2-3,13H,4-12H2,1H3,(H,21,22,25). The lowest BCUT2D eigenvalue weighted by atomic mass is 9.99. The molecule has 152 valence electrons. The van der Waals surface area contributed by atoms with E-state index in [1.807, 2.05) is 12.1 Å². The van der Waals surface area contributed by atoms with Gasteiger partial charge in [-0.15, -0.1) is 0 Å². The first kappa shape index (κ1) is 19.2. The highest BCUT2D eigenvalue weighted by Crippen LogP contribution is 2.39. The Balaban J connectivity index is 1.55. The predicted octanol–water partition coefficient (Wildman–Crippen LogP) is 3.35. The molecular weight excluding hydrogens is 383 g/mol. The number of fused-ring (bicyclic) bond motifs is 1. The van der Waals surface area contributed by atoms with Gasteiger partial charge in [0.25, 0.3) is 0 Å². The average molecular weight is 408 g/mol. The molecule has 0 spiro atoms. The molecule has 1 N–H and O–H groups in total. The maximum absolute atomic E-state index is 12.8. The summed E-state index contributed by atoms with van der Waals surface area (Å²) in [6.45, 7) is 3.89. The second kappa shape index (κ2) is 8.48. The van der Waals surface area contributed by atoms with Crippen LogP contribution in [0.3, 0.4) is 0 Å².